The van der Waals surface area contributed by atoms with E-state index in [1.165, 1.54) is 12.8 Å². The Balaban J connectivity index is 1.52. The van der Waals surface area contributed by atoms with Crippen LogP contribution in [0.25, 0.3) is 0 Å². The molecule has 134 valence electrons. The van der Waals surface area contributed by atoms with Gasteiger partial charge in [-0.3, -0.25) is 9.59 Å². The molecule has 2 aliphatic carbocycles. The average Bonchev–Trinajstić information content (AvgIpc) is 3.26. The van der Waals surface area contributed by atoms with E-state index in [9.17, 15) is 9.59 Å². The number of nitrogens with one attached hydrogen (secondary N) is 1. The largest absolute Gasteiger partial charge is 0.481 e. The number of hydrogen-bond acceptors (Lipinski definition) is 3. The summed E-state index contributed by atoms with van der Waals surface area (Å²) >= 11 is 0. The fourth-order valence-electron chi connectivity index (χ4n) is 3.88. The summed E-state index contributed by atoms with van der Waals surface area (Å²) in [6, 6.07) is 5.72. The molecule has 3 aliphatic rings. The number of amides is 2. The van der Waals surface area contributed by atoms with Crippen LogP contribution in [0.1, 0.15) is 51.0 Å². The molecule has 0 spiro atoms. The van der Waals surface area contributed by atoms with Crippen LogP contribution in [0.4, 0.5) is 5.69 Å². The van der Waals surface area contributed by atoms with Gasteiger partial charge in [0.15, 0.2) is 6.10 Å². The fraction of sp³-hybridized carbons (Fsp3) is 0.600. The van der Waals surface area contributed by atoms with Crippen LogP contribution in [0.5, 0.6) is 5.75 Å². The van der Waals surface area contributed by atoms with Gasteiger partial charge in [0.1, 0.15) is 5.75 Å². The Morgan fingerprint density at radius 3 is 2.72 bits per heavy atom. The summed E-state index contributed by atoms with van der Waals surface area (Å²) in [6.07, 6.45) is 6.23. The maximum Gasteiger partial charge on any atom is 0.263 e. The van der Waals surface area contributed by atoms with Crippen molar-refractivity contribution in [2.45, 2.75) is 58.1 Å². The van der Waals surface area contributed by atoms with Crippen molar-refractivity contribution in [3.63, 3.8) is 0 Å². The van der Waals surface area contributed by atoms with Crippen LogP contribution in [0.2, 0.25) is 0 Å². The monoisotopic (exact) mass is 342 g/mol. The lowest BCUT2D eigenvalue weighted by atomic mass is 10.1. The summed E-state index contributed by atoms with van der Waals surface area (Å²) in [6.45, 7) is 3.18. The second kappa shape index (κ2) is 6.70. The lowest BCUT2D eigenvalue weighted by Crippen LogP contribution is -2.39. The Hall–Kier alpha value is -2.04. The first-order chi connectivity index (χ1) is 12.1. The Kier molecular flexibility index (Phi) is 4.40. The zero-order valence-corrected chi connectivity index (χ0v) is 14.8. The molecule has 5 nitrogen and oxygen atoms in total. The van der Waals surface area contributed by atoms with Crippen molar-refractivity contribution in [2.24, 2.45) is 11.8 Å². The second-order valence-electron chi connectivity index (χ2n) is 7.72. The Bertz CT molecular complexity index is 678. The Labute approximate surface area is 148 Å². The second-order valence-corrected chi connectivity index (χ2v) is 7.72. The fourth-order valence-corrected chi connectivity index (χ4v) is 3.88. The van der Waals surface area contributed by atoms with Gasteiger partial charge >= 0.3 is 0 Å². The third kappa shape index (κ3) is 3.65. The summed E-state index contributed by atoms with van der Waals surface area (Å²) in [5, 5.41) is 3.05. The van der Waals surface area contributed by atoms with Gasteiger partial charge in [-0.2, -0.15) is 0 Å². The Morgan fingerprint density at radius 1 is 1.24 bits per heavy atom. The Morgan fingerprint density at radius 2 is 2.00 bits per heavy atom. The van der Waals surface area contributed by atoms with E-state index in [1.54, 1.807) is 0 Å². The number of fused-ring (bicyclic) bond motifs is 1. The zero-order valence-electron chi connectivity index (χ0n) is 14.8. The highest BCUT2D eigenvalue weighted by molar-refractivity contribution is 5.93. The normalized spacial score (nSPS) is 23.8. The molecule has 25 heavy (non-hydrogen) atoms. The number of carbonyl (C=O) groups excluding carboxylic acids is 2. The van der Waals surface area contributed by atoms with E-state index in [0.717, 1.165) is 49.2 Å². The predicted octanol–water partition coefficient (Wildman–Crippen LogP) is 3.33. The molecule has 1 unspecified atom stereocenters. The van der Waals surface area contributed by atoms with Crippen molar-refractivity contribution in [1.82, 2.24) is 4.90 Å². The third-order valence-corrected chi connectivity index (χ3v) is 5.55. The molecule has 1 atom stereocenters. The predicted molar refractivity (Wildman–Crippen MR) is 95.3 cm³/mol. The van der Waals surface area contributed by atoms with Gasteiger partial charge in [0.05, 0.1) is 0 Å². The summed E-state index contributed by atoms with van der Waals surface area (Å²) in [4.78, 5) is 26.8. The number of benzene rings is 1. The first-order valence-corrected chi connectivity index (χ1v) is 9.49. The number of carbonyl (C=O) groups is 2. The van der Waals surface area contributed by atoms with Gasteiger partial charge in [0, 0.05) is 30.3 Å². The van der Waals surface area contributed by atoms with Gasteiger partial charge in [-0.05, 0) is 56.7 Å². The molecular formula is C20H26N2O3. The van der Waals surface area contributed by atoms with Crippen molar-refractivity contribution < 1.29 is 14.3 Å². The summed E-state index contributed by atoms with van der Waals surface area (Å²) < 4.78 is 5.86. The first-order valence-electron chi connectivity index (χ1n) is 9.49. The van der Waals surface area contributed by atoms with E-state index in [-0.39, 0.29) is 17.7 Å². The van der Waals surface area contributed by atoms with E-state index in [1.807, 2.05) is 30.0 Å². The topological polar surface area (TPSA) is 58.6 Å². The number of ether oxygens (including phenoxy) is 1. The zero-order chi connectivity index (χ0) is 17.4. The van der Waals surface area contributed by atoms with E-state index in [2.05, 4.69) is 5.32 Å². The molecule has 0 radical (unpaired) electrons. The van der Waals surface area contributed by atoms with Crippen LogP contribution in [0.3, 0.4) is 0 Å². The third-order valence-electron chi connectivity index (χ3n) is 5.55. The number of hydrogen-bond donors (Lipinski definition) is 1. The van der Waals surface area contributed by atoms with E-state index in [4.69, 9.17) is 4.74 Å². The number of nitrogens with zero attached hydrogens (tertiary/aromatic N) is 1. The highest BCUT2D eigenvalue weighted by Crippen LogP contribution is 2.34. The molecule has 1 aromatic rings. The minimum atomic E-state index is -0.459. The van der Waals surface area contributed by atoms with Crippen molar-refractivity contribution in [3.8, 4) is 5.75 Å². The maximum atomic E-state index is 12.5. The van der Waals surface area contributed by atoms with Crippen LogP contribution < -0.4 is 10.1 Å². The molecule has 2 amide bonds. The summed E-state index contributed by atoms with van der Waals surface area (Å²) in [5.41, 5.74) is 1.77. The molecule has 2 fully saturated rings. The van der Waals surface area contributed by atoms with Crippen molar-refractivity contribution >= 4 is 17.5 Å². The summed E-state index contributed by atoms with van der Waals surface area (Å²) in [7, 11) is 0. The minimum absolute atomic E-state index is 0.0552. The van der Waals surface area contributed by atoms with Gasteiger partial charge in [-0.15, -0.1) is 0 Å². The van der Waals surface area contributed by atoms with Crippen LogP contribution in [0.15, 0.2) is 18.2 Å². The van der Waals surface area contributed by atoms with Gasteiger partial charge in [-0.1, -0.05) is 12.8 Å². The van der Waals surface area contributed by atoms with Gasteiger partial charge in [-0.25, -0.2) is 0 Å². The molecule has 1 N–H and O–H groups in total. The standard InChI is InChI=1S/C20H26N2O3/c1-13-20(24)22(11-14-6-7-14)12-16-10-17(8-9-18(16)25-13)21-19(23)15-4-2-3-5-15/h8-10,13-15H,2-7,11-12H2,1H3,(H,21,23). The van der Waals surface area contributed by atoms with Crippen molar-refractivity contribution in [1.29, 1.82) is 0 Å². The highest BCUT2D eigenvalue weighted by Gasteiger charge is 2.32. The lowest BCUT2D eigenvalue weighted by molar-refractivity contribution is -0.137. The molecule has 5 heteroatoms. The molecule has 0 saturated heterocycles. The lowest BCUT2D eigenvalue weighted by Gasteiger charge is -2.22. The maximum absolute atomic E-state index is 12.5. The van der Waals surface area contributed by atoms with Crippen molar-refractivity contribution in [2.75, 3.05) is 11.9 Å². The van der Waals surface area contributed by atoms with Crippen molar-refractivity contribution in [3.05, 3.63) is 23.8 Å². The molecular weight excluding hydrogens is 316 g/mol. The minimum Gasteiger partial charge on any atom is -0.481 e. The SMILES string of the molecule is CC1Oc2ccc(NC(=O)C3CCCC3)cc2CN(CC2CC2)C1=O. The van der Waals surface area contributed by atoms with Gasteiger partial charge in [0.25, 0.3) is 5.91 Å². The first kappa shape index (κ1) is 16.4. The van der Waals surface area contributed by atoms with Crippen LogP contribution >= 0.6 is 0 Å². The summed E-state index contributed by atoms with van der Waals surface area (Å²) in [5.74, 6) is 1.70. The highest BCUT2D eigenvalue weighted by atomic mass is 16.5. The van der Waals surface area contributed by atoms with E-state index in [0.29, 0.717) is 12.5 Å². The molecule has 4 rings (SSSR count). The van der Waals surface area contributed by atoms with Crippen LogP contribution in [-0.2, 0) is 16.1 Å². The number of rotatable bonds is 4. The van der Waals surface area contributed by atoms with Gasteiger partial charge < -0.3 is 15.0 Å². The number of anilines is 1. The van der Waals surface area contributed by atoms with Gasteiger partial charge in [0.2, 0.25) is 5.91 Å². The van der Waals surface area contributed by atoms with Crippen LogP contribution in [-0.4, -0.2) is 29.4 Å². The van der Waals surface area contributed by atoms with E-state index < -0.39 is 6.10 Å². The average molecular weight is 342 g/mol. The quantitative estimate of drug-likeness (QED) is 0.913. The van der Waals surface area contributed by atoms with Crippen LogP contribution in [0, 0.1) is 11.8 Å². The molecule has 0 bridgehead atoms. The smallest absolute Gasteiger partial charge is 0.263 e. The molecule has 2 saturated carbocycles. The van der Waals surface area contributed by atoms with E-state index >= 15 is 0 Å². The molecule has 1 heterocycles. The molecule has 1 aliphatic heterocycles. The molecule has 1 aromatic carbocycles. The molecule has 0 aromatic heterocycles.